The van der Waals surface area contributed by atoms with Crippen molar-refractivity contribution in [2.75, 3.05) is 19.7 Å². The molecule has 1 aliphatic rings. The number of hydrogen-bond donors (Lipinski definition) is 1. The molecule has 8 nitrogen and oxygen atoms in total. The molecular weight excluding hydrogens is 348 g/mol. The van der Waals surface area contributed by atoms with Crippen molar-refractivity contribution in [1.29, 1.82) is 5.26 Å². The quantitative estimate of drug-likeness (QED) is 0.860. The smallest absolute Gasteiger partial charge is 0.273 e. The molecule has 1 aromatic carbocycles. The zero-order valence-corrected chi connectivity index (χ0v) is 15.0. The molecule has 0 atom stereocenters. The molecule has 0 saturated carbocycles. The summed E-state index contributed by atoms with van der Waals surface area (Å²) in [6.45, 7) is 2.78. The fourth-order valence-corrected chi connectivity index (χ4v) is 2.87. The van der Waals surface area contributed by atoms with Crippen LogP contribution in [0.15, 0.2) is 34.9 Å². The summed E-state index contributed by atoms with van der Waals surface area (Å²) in [5.74, 6) is 0.771. The van der Waals surface area contributed by atoms with Crippen LogP contribution in [0, 0.1) is 18.3 Å². The van der Waals surface area contributed by atoms with Crippen LogP contribution in [0.4, 0.5) is 0 Å². The van der Waals surface area contributed by atoms with E-state index in [-0.39, 0.29) is 30.2 Å². The topological polar surface area (TPSA) is 108 Å². The molecule has 0 bridgehead atoms. The van der Waals surface area contributed by atoms with E-state index in [0.717, 1.165) is 0 Å². The molecule has 1 aromatic heterocycles. The Hall–Kier alpha value is -3.34. The number of ether oxygens (including phenoxy) is 1. The van der Waals surface area contributed by atoms with Crippen molar-refractivity contribution >= 4 is 11.8 Å². The fourth-order valence-electron chi connectivity index (χ4n) is 2.87. The number of rotatable bonds is 5. The minimum atomic E-state index is -0.263. The highest BCUT2D eigenvalue weighted by Gasteiger charge is 2.25. The number of piperidine rings is 1. The standard InChI is InChI=1S/C19H20N4O4/c1-13-10-17(22-27-13)19(25)21-15-6-8-23(9-7-15)18(24)12-26-16-4-2-14(11-20)3-5-16/h2-5,10,15H,6-9,12H2,1H3,(H,21,25). The van der Waals surface area contributed by atoms with Crippen LogP contribution < -0.4 is 10.1 Å². The summed E-state index contributed by atoms with van der Waals surface area (Å²) >= 11 is 0. The van der Waals surface area contributed by atoms with E-state index in [0.29, 0.717) is 43.0 Å². The van der Waals surface area contributed by atoms with Crippen molar-refractivity contribution in [3.05, 3.63) is 47.3 Å². The van der Waals surface area contributed by atoms with Crippen molar-refractivity contribution in [2.45, 2.75) is 25.8 Å². The lowest BCUT2D eigenvalue weighted by Crippen LogP contribution is -2.47. The van der Waals surface area contributed by atoms with Crippen molar-refractivity contribution in [3.63, 3.8) is 0 Å². The van der Waals surface area contributed by atoms with Gasteiger partial charge in [0.25, 0.3) is 11.8 Å². The van der Waals surface area contributed by atoms with Gasteiger partial charge >= 0.3 is 0 Å². The largest absolute Gasteiger partial charge is 0.484 e. The average molecular weight is 368 g/mol. The molecule has 2 aromatic rings. The minimum Gasteiger partial charge on any atom is -0.484 e. The molecule has 0 spiro atoms. The first kappa shape index (κ1) is 18.5. The van der Waals surface area contributed by atoms with E-state index in [1.807, 2.05) is 6.07 Å². The Morgan fingerprint density at radius 3 is 2.63 bits per heavy atom. The summed E-state index contributed by atoms with van der Waals surface area (Å²) < 4.78 is 10.4. The van der Waals surface area contributed by atoms with Crippen LogP contribution >= 0.6 is 0 Å². The molecule has 27 heavy (non-hydrogen) atoms. The van der Waals surface area contributed by atoms with Crippen LogP contribution in [0.3, 0.4) is 0 Å². The van der Waals surface area contributed by atoms with Gasteiger partial charge in [0.15, 0.2) is 12.3 Å². The van der Waals surface area contributed by atoms with Gasteiger partial charge in [-0.25, -0.2) is 0 Å². The lowest BCUT2D eigenvalue weighted by Gasteiger charge is -2.32. The number of aryl methyl sites for hydroxylation is 1. The van der Waals surface area contributed by atoms with Gasteiger partial charge in [0.2, 0.25) is 0 Å². The number of amides is 2. The van der Waals surface area contributed by atoms with Gasteiger partial charge in [-0.2, -0.15) is 5.26 Å². The SMILES string of the molecule is Cc1cc(C(=O)NC2CCN(C(=O)COc3ccc(C#N)cc3)CC2)no1. The number of carbonyl (C=O) groups is 2. The minimum absolute atomic E-state index is 0.00185. The number of hydrogen-bond acceptors (Lipinski definition) is 6. The highest BCUT2D eigenvalue weighted by atomic mass is 16.5. The van der Waals surface area contributed by atoms with E-state index in [1.54, 1.807) is 42.2 Å². The highest BCUT2D eigenvalue weighted by molar-refractivity contribution is 5.92. The van der Waals surface area contributed by atoms with E-state index in [9.17, 15) is 9.59 Å². The average Bonchev–Trinajstić information content (AvgIpc) is 3.13. The molecule has 1 aliphatic heterocycles. The molecule has 140 valence electrons. The molecule has 2 amide bonds. The summed E-state index contributed by atoms with van der Waals surface area (Å²) in [7, 11) is 0. The van der Waals surface area contributed by atoms with Gasteiger partial charge in [-0.15, -0.1) is 0 Å². The summed E-state index contributed by atoms with van der Waals surface area (Å²) in [6, 6.07) is 10.2. The van der Waals surface area contributed by atoms with E-state index in [2.05, 4.69) is 10.5 Å². The first-order valence-electron chi connectivity index (χ1n) is 8.70. The van der Waals surface area contributed by atoms with Crippen molar-refractivity contribution < 1.29 is 18.8 Å². The molecule has 0 aliphatic carbocycles. The van der Waals surface area contributed by atoms with Crippen molar-refractivity contribution in [3.8, 4) is 11.8 Å². The van der Waals surface area contributed by atoms with Crippen LogP contribution in [0.25, 0.3) is 0 Å². The number of nitriles is 1. The van der Waals surface area contributed by atoms with Crippen LogP contribution in [-0.2, 0) is 4.79 Å². The molecular formula is C19H20N4O4. The third-order valence-corrected chi connectivity index (χ3v) is 4.39. The first-order valence-corrected chi connectivity index (χ1v) is 8.70. The van der Waals surface area contributed by atoms with Gasteiger partial charge in [-0.05, 0) is 44.0 Å². The van der Waals surface area contributed by atoms with Gasteiger partial charge in [-0.3, -0.25) is 9.59 Å². The molecule has 1 saturated heterocycles. The molecule has 2 heterocycles. The van der Waals surface area contributed by atoms with Crippen LogP contribution in [0.5, 0.6) is 5.75 Å². The Morgan fingerprint density at radius 1 is 1.33 bits per heavy atom. The number of carbonyl (C=O) groups excluding carboxylic acids is 2. The van der Waals surface area contributed by atoms with Crippen molar-refractivity contribution in [2.24, 2.45) is 0 Å². The van der Waals surface area contributed by atoms with E-state index >= 15 is 0 Å². The third kappa shape index (κ3) is 4.85. The number of benzene rings is 1. The Labute approximate surface area is 156 Å². The number of likely N-dealkylation sites (tertiary alicyclic amines) is 1. The highest BCUT2D eigenvalue weighted by Crippen LogP contribution is 2.14. The summed E-state index contributed by atoms with van der Waals surface area (Å²) in [5.41, 5.74) is 0.806. The molecule has 0 radical (unpaired) electrons. The Kier molecular flexibility index (Phi) is 5.71. The second kappa shape index (κ2) is 8.36. The monoisotopic (exact) mass is 368 g/mol. The Bertz CT molecular complexity index is 845. The normalized spacial score (nSPS) is 14.4. The molecule has 0 unspecified atom stereocenters. The fraction of sp³-hybridized carbons (Fsp3) is 0.368. The van der Waals surface area contributed by atoms with E-state index in [1.165, 1.54) is 0 Å². The van der Waals surface area contributed by atoms with Gasteiger partial charge < -0.3 is 19.5 Å². The van der Waals surface area contributed by atoms with Crippen LogP contribution in [0.2, 0.25) is 0 Å². The number of aromatic nitrogens is 1. The molecule has 1 fully saturated rings. The zero-order valence-electron chi connectivity index (χ0n) is 15.0. The summed E-state index contributed by atoms with van der Waals surface area (Å²) in [5, 5.41) is 15.4. The lowest BCUT2D eigenvalue weighted by atomic mass is 10.0. The predicted molar refractivity (Wildman–Crippen MR) is 95.0 cm³/mol. The van der Waals surface area contributed by atoms with Gasteiger partial charge in [0.1, 0.15) is 11.5 Å². The zero-order chi connectivity index (χ0) is 19.2. The van der Waals surface area contributed by atoms with Gasteiger partial charge in [0.05, 0.1) is 11.6 Å². The second-order valence-electron chi connectivity index (χ2n) is 6.38. The third-order valence-electron chi connectivity index (χ3n) is 4.39. The predicted octanol–water partition coefficient (Wildman–Crippen LogP) is 1.65. The maximum absolute atomic E-state index is 12.3. The van der Waals surface area contributed by atoms with E-state index in [4.69, 9.17) is 14.5 Å². The van der Waals surface area contributed by atoms with Gasteiger partial charge in [-0.1, -0.05) is 5.16 Å². The Morgan fingerprint density at radius 2 is 2.04 bits per heavy atom. The van der Waals surface area contributed by atoms with Gasteiger partial charge in [0, 0.05) is 25.2 Å². The first-order chi connectivity index (χ1) is 13.0. The molecule has 1 N–H and O–H groups in total. The molecule has 8 heteroatoms. The van der Waals surface area contributed by atoms with Crippen LogP contribution in [0.1, 0.15) is 34.7 Å². The number of nitrogens with one attached hydrogen (secondary N) is 1. The summed E-state index contributed by atoms with van der Waals surface area (Å²) in [6.07, 6.45) is 1.34. The van der Waals surface area contributed by atoms with Crippen LogP contribution in [-0.4, -0.2) is 47.6 Å². The van der Waals surface area contributed by atoms with E-state index < -0.39 is 0 Å². The van der Waals surface area contributed by atoms with Crippen molar-refractivity contribution in [1.82, 2.24) is 15.4 Å². The lowest BCUT2D eigenvalue weighted by molar-refractivity contribution is -0.134. The second-order valence-corrected chi connectivity index (χ2v) is 6.38. The number of nitrogens with zero attached hydrogens (tertiary/aromatic N) is 3. The Balaban J connectivity index is 1.42. The summed E-state index contributed by atoms with van der Waals surface area (Å²) in [4.78, 5) is 26.1. The maximum Gasteiger partial charge on any atom is 0.273 e. The molecule has 3 rings (SSSR count). The maximum atomic E-state index is 12.3.